The highest BCUT2D eigenvalue weighted by molar-refractivity contribution is 7.09. The molecular weight excluding hydrogens is 572 g/mol. The predicted molar refractivity (Wildman–Crippen MR) is 160 cm³/mol. The molecule has 1 aromatic carbocycles. The van der Waals surface area contributed by atoms with Crippen molar-refractivity contribution in [3.8, 4) is 5.75 Å². The number of carboxylic acids is 1. The van der Waals surface area contributed by atoms with E-state index in [4.69, 9.17) is 14.2 Å². The number of likely N-dealkylation sites (tertiary alicyclic amines) is 1. The lowest BCUT2D eigenvalue weighted by atomic mass is 9.77. The molecule has 1 saturated heterocycles. The summed E-state index contributed by atoms with van der Waals surface area (Å²) in [7, 11) is 2.93. The van der Waals surface area contributed by atoms with Gasteiger partial charge in [-0.1, -0.05) is 26.8 Å². The van der Waals surface area contributed by atoms with Crippen LogP contribution in [0.25, 0.3) is 0 Å². The lowest BCUT2D eigenvalue weighted by molar-refractivity contribution is -0.168. The first-order valence-electron chi connectivity index (χ1n) is 13.9. The Bertz CT molecular complexity index is 1460. The number of carboxylic acid groups (broad SMARTS) is 1. The molecule has 0 bridgehead atoms. The Labute approximate surface area is 255 Å². The quantitative estimate of drug-likeness (QED) is 0.341. The fraction of sp³-hybridized carbons (Fsp3) is 0.516. The zero-order valence-corrected chi connectivity index (χ0v) is 26.7. The van der Waals surface area contributed by atoms with Crippen LogP contribution in [0.3, 0.4) is 0 Å². The first kappa shape index (κ1) is 32.2. The Hall–Kier alpha value is -3.77. The minimum absolute atomic E-state index is 0.154. The highest BCUT2D eigenvalue weighted by Gasteiger charge is 2.70. The lowest BCUT2D eigenvalue weighted by Crippen LogP contribution is -2.58. The number of benzene rings is 1. The van der Waals surface area contributed by atoms with E-state index < -0.39 is 40.4 Å². The number of aromatic nitrogens is 3. The largest absolute Gasteiger partial charge is 0.496 e. The first-order valence-corrected chi connectivity index (χ1v) is 14.8. The van der Waals surface area contributed by atoms with Gasteiger partial charge < -0.3 is 24.2 Å². The second kappa shape index (κ2) is 11.7. The van der Waals surface area contributed by atoms with Gasteiger partial charge in [0.25, 0.3) is 5.91 Å². The van der Waals surface area contributed by atoms with E-state index >= 15 is 0 Å². The van der Waals surface area contributed by atoms with E-state index in [1.807, 2.05) is 26.8 Å². The van der Waals surface area contributed by atoms with Gasteiger partial charge in [-0.05, 0) is 49.9 Å². The summed E-state index contributed by atoms with van der Waals surface area (Å²) in [6.07, 6.45) is 4.46. The topological polar surface area (TPSA) is 133 Å². The van der Waals surface area contributed by atoms with Crippen molar-refractivity contribution in [3.63, 3.8) is 0 Å². The van der Waals surface area contributed by atoms with Crippen LogP contribution >= 0.6 is 11.3 Å². The van der Waals surface area contributed by atoms with Crippen molar-refractivity contribution in [1.29, 1.82) is 0 Å². The van der Waals surface area contributed by atoms with Gasteiger partial charge in [-0.25, -0.2) is 9.78 Å². The third kappa shape index (κ3) is 6.03. The number of methoxy groups -OCH3 is 2. The Balaban J connectivity index is 2.05. The SMILES string of the molecule is COC[C@]1(C(=O)O)C[C@@](Cn2cccn2)(C(=O)OC(C)(C)C)N(C(=O)c2ccc(C(C)(C)C)c(OC)c2)[C@H]1c1nccs1. The van der Waals surface area contributed by atoms with E-state index in [0.717, 1.165) is 5.56 Å². The van der Waals surface area contributed by atoms with Crippen LogP contribution in [0.4, 0.5) is 0 Å². The summed E-state index contributed by atoms with van der Waals surface area (Å²) >= 11 is 1.21. The number of thiazole rings is 1. The van der Waals surface area contributed by atoms with Crippen LogP contribution in [-0.2, 0) is 31.0 Å². The normalized spacial score (nSPS) is 22.4. The van der Waals surface area contributed by atoms with Crippen LogP contribution < -0.4 is 4.74 Å². The van der Waals surface area contributed by atoms with E-state index in [-0.39, 0.29) is 30.6 Å². The molecule has 0 aliphatic carbocycles. The van der Waals surface area contributed by atoms with Crippen molar-refractivity contribution in [2.45, 2.75) is 77.1 Å². The molecule has 4 rings (SSSR count). The molecule has 3 heterocycles. The molecule has 1 N–H and O–H groups in total. The van der Waals surface area contributed by atoms with Crippen molar-refractivity contribution in [2.24, 2.45) is 5.41 Å². The van der Waals surface area contributed by atoms with Crippen molar-refractivity contribution in [2.75, 3.05) is 20.8 Å². The zero-order chi connectivity index (χ0) is 31.8. The maximum absolute atomic E-state index is 14.9. The molecule has 43 heavy (non-hydrogen) atoms. The Morgan fingerprint density at radius 1 is 1.12 bits per heavy atom. The van der Waals surface area contributed by atoms with Crippen molar-refractivity contribution < 1.29 is 33.7 Å². The average molecular weight is 613 g/mol. The number of aliphatic carboxylic acids is 1. The van der Waals surface area contributed by atoms with E-state index in [2.05, 4.69) is 10.1 Å². The molecule has 232 valence electrons. The summed E-state index contributed by atoms with van der Waals surface area (Å²) in [5, 5.41) is 17.3. The minimum atomic E-state index is -1.81. The molecular formula is C31H40N4O7S. The molecule has 1 fully saturated rings. The van der Waals surface area contributed by atoms with Crippen molar-refractivity contribution in [3.05, 3.63) is 64.4 Å². The maximum Gasteiger partial charge on any atom is 0.334 e. The van der Waals surface area contributed by atoms with Gasteiger partial charge in [0.15, 0.2) is 5.54 Å². The van der Waals surface area contributed by atoms with Gasteiger partial charge in [-0.3, -0.25) is 14.3 Å². The van der Waals surface area contributed by atoms with E-state index in [0.29, 0.717) is 10.8 Å². The number of ether oxygens (including phenoxy) is 3. The minimum Gasteiger partial charge on any atom is -0.496 e. The molecule has 11 nitrogen and oxygen atoms in total. The van der Waals surface area contributed by atoms with E-state index in [1.165, 1.54) is 35.1 Å². The molecule has 1 amide bonds. The van der Waals surface area contributed by atoms with E-state index in [9.17, 15) is 19.5 Å². The molecule has 0 radical (unpaired) electrons. The van der Waals surface area contributed by atoms with Gasteiger partial charge in [0.2, 0.25) is 0 Å². The second-order valence-corrected chi connectivity index (χ2v) is 13.8. The Morgan fingerprint density at radius 2 is 1.84 bits per heavy atom. The summed E-state index contributed by atoms with van der Waals surface area (Å²) in [6, 6.07) is 5.65. The molecule has 0 saturated carbocycles. The highest BCUT2D eigenvalue weighted by Crippen LogP contribution is 2.57. The third-order valence-corrected chi connectivity index (χ3v) is 8.43. The van der Waals surface area contributed by atoms with Crippen LogP contribution in [0.1, 0.15) is 74.9 Å². The summed E-state index contributed by atoms with van der Waals surface area (Å²) in [4.78, 5) is 48.5. The summed E-state index contributed by atoms with van der Waals surface area (Å²) in [6.45, 7) is 10.8. The van der Waals surface area contributed by atoms with Crippen LogP contribution in [0.2, 0.25) is 0 Å². The second-order valence-electron chi connectivity index (χ2n) is 12.9. The third-order valence-electron chi connectivity index (χ3n) is 7.60. The number of esters is 1. The van der Waals surface area contributed by atoms with E-state index in [1.54, 1.807) is 62.9 Å². The molecule has 12 heteroatoms. The monoisotopic (exact) mass is 612 g/mol. The molecule has 1 aliphatic rings. The summed E-state index contributed by atoms with van der Waals surface area (Å²) < 4.78 is 18.7. The molecule has 1 aliphatic heterocycles. The predicted octanol–water partition coefficient (Wildman–Crippen LogP) is 4.73. The standard InChI is InChI=1S/C31H40N4O7S/c1-28(2,3)21-11-10-20(16-22(21)41-8)25(36)35-23(24-32-13-15-43-24)30(19-40-7,26(37)38)17-31(35,18-34-14-9-12-33-34)27(39)42-29(4,5)6/h9-16,23H,17-19H2,1-8H3,(H,37,38)/t23-,30+,31+/m0/s1. The van der Waals surface area contributed by atoms with Crippen molar-refractivity contribution >= 4 is 29.2 Å². The average Bonchev–Trinajstić information content (AvgIpc) is 3.67. The van der Waals surface area contributed by atoms with Gasteiger partial charge >= 0.3 is 11.9 Å². The molecule has 3 aromatic rings. The Morgan fingerprint density at radius 3 is 2.35 bits per heavy atom. The van der Waals surface area contributed by atoms with Crippen LogP contribution in [0, 0.1) is 5.41 Å². The number of rotatable bonds is 9. The van der Waals surface area contributed by atoms with Crippen LogP contribution in [-0.4, -0.2) is 74.6 Å². The maximum atomic E-state index is 14.9. The summed E-state index contributed by atoms with van der Waals surface area (Å²) in [5.74, 6) is -2.04. The molecule has 3 atom stereocenters. The van der Waals surface area contributed by atoms with Crippen LogP contribution in [0.15, 0.2) is 48.2 Å². The molecule has 0 spiro atoms. The number of amides is 1. The van der Waals surface area contributed by atoms with Gasteiger partial charge in [-0.2, -0.15) is 5.10 Å². The highest BCUT2D eigenvalue weighted by atomic mass is 32.1. The lowest BCUT2D eigenvalue weighted by Gasteiger charge is -2.40. The van der Waals surface area contributed by atoms with Crippen LogP contribution in [0.5, 0.6) is 5.75 Å². The van der Waals surface area contributed by atoms with Crippen molar-refractivity contribution in [1.82, 2.24) is 19.7 Å². The van der Waals surface area contributed by atoms with Gasteiger partial charge in [0, 0.05) is 43.1 Å². The van der Waals surface area contributed by atoms with Gasteiger partial charge in [0.05, 0.1) is 20.3 Å². The van der Waals surface area contributed by atoms with Gasteiger partial charge in [-0.15, -0.1) is 11.3 Å². The molecule has 0 unspecified atom stereocenters. The fourth-order valence-electron chi connectivity index (χ4n) is 5.85. The number of nitrogens with zero attached hydrogens (tertiary/aromatic N) is 4. The Kier molecular flexibility index (Phi) is 8.77. The molecule has 2 aromatic heterocycles. The summed E-state index contributed by atoms with van der Waals surface area (Å²) in [5.41, 5.74) is -3.66. The zero-order valence-electron chi connectivity index (χ0n) is 25.9. The fourth-order valence-corrected chi connectivity index (χ4v) is 6.70. The smallest absolute Gasteiger partial charge is 0.334 e. The number of hydrogen-bond donors (Lipinski definition) is 1. The van der Waals surface area contributed by atoms with Gasteiger partial charge in [0.1, 0.15) is 27.8 Å². The number of hydrogen-bond acceptors (Lipinski definition) is 9. The number of carbonyl (C=O) groups is 3. The number of carbonyl (C=O) groups excluding carboxylic acids is 2. The first-order chi connectivity index (χ1) is 20.1.